The van der Waals surface area contributed by atoms with E-state index in [1.807, 2.05) is 6.92 Å². The molecule has 0 radical (unpaired) electrons. The number of rotatable bonds is 6. The molecule has 2 unspecified atom stereocenters. The predicted octanol–water partition coefficient (Wildman–Crippen LogP) is 3.06. The normalized spacial score (nSPS) is 20.8. The van der Waals surface area contributed by atoms with Crippen molar-refractivity contribution in [1.82, 2.24) is 4.98 Å². The topological polar surface area (TPSA) is 130 Å². The van der Waals surface area contributed by atoms with E-state index in [2.05, 4.69) is 10.3 Å². The second-order valence-corrected chi connectivity index (χ2v) is 6.62. The molecule has 1 saturated heterocycles. The number of nitrogens with zero attached hydrogens (tertiary/aromatic N) is 2. The molecular weight excluding hydrogens is 382 g/mol. The average molecular weight is 401 g/mol. The van der Waals surface area contributed by atoms with Crippen LogP contribution in [0.4, 0.5) is 16.2 Å². The summed E-state index contributed by atoms with van der Waals surface area (Å²) in [5.41, 5.74) is -0.446. The van der Waals surface area contributed by atoms with Crippen molar-refractivity contribution in [3.63, 3.8) is 0 Å². The summed E-state index contributed by atoms with van der Waals surface area (Å²) in [6, 6.07) is 7.33. The highest BCUT2D eigenvalue weighted by molar-refractivity contribution is 5.90. The van der Waals surface area contributed by atoms with Gasteiger partial charge in [0.15, 0.2) is 6.29 Å². The van der Waals surface area contributed by atoms with Crippen LogP contribution in [-0.4, -0.2) is 42.1 Å². The first-order valence-corrected chi connectivity index (χ1v) is 8.71. The molecule has 2 heterocycles. The molecule has 2 aromatic rings. The molecule has 10 nitrogen and oxygen atoms in total. The molecule has 1 aromatic heterocycles. The Hall–Kier alpha value is -3.37. The molecule has 1 aliphatic heterocycles. The van der Waals surface area contributed by atoms with E-state index in [-0.39, 0.29) is 28.9 Å². The van der Waals surface area contributed by atoms with Gasteiger partial charge in [-0.25, -0.2) is 9.78 Å². The summed E-state index contributed by atoms with van der Waals surface area (Å²) in [5.74, 6) is -0.197. The van der Waals surface area contributed by atoms with Gasteiger partial charge in [-0.3, -0.25) is 20.2 Å². The van der Waals surface area contributed by atoms with Gasteiger partial charge in [-0.15, -0.1) is 0 Å². The van der Waals surface area contributed by atoms with Crippen LogP contribution in [0.2, 0.25) is 0 Å². The fourth-order valence-electron chi connectivity index (χ4n) is 3.10. The van der Waals surface area contributed by atoms with Crippen molar-refractivity contribution >= 4 is 23.8 Å². The number of hydrogen-bond acceptors (Lipinski definition) is 8. The minimum Gasteiger partial charge on any atom is -0.390 e. The zero-order valence-corrected chi connectivity index (χ0v) is 15.8. The second kappa shape index (κ2) is 8.33. The molecule has 1 aliphatic rings. The lowest BCUT2D eigenvalue weighted by Crippen LogP contribution is -2.22. The summed E-state index contributed by atoms with van der Waals surface area (Å²) >= 11 is 0. The van der Waals surface area contributed by atoms with Crippen LogP contribution in [0.5, 0.6) is 5.88 Å². The molecule has 1 aromatic carbocycles. The van der Waals surface area contributed by atoms with Crippen molar-refractivity contribution in [2.24, 2.45) is 0 Å². The van der Waals surface area contributed by atoms with Crippen LogP contribution in [0, 0.1) is 10.1 Å². The van der Waals surface area contributed by atoms with Gasteiger partial charge in [0.25, 0.3) is 5.69 Å². The fraction of sp³-hybridized carbons (Fsp3) is 0.316. The van der Waals surface area contributed by atoms with Crippen LogP contribution in [-0.2, 0) is 15.1 Å². The number of nitro benzene ring substituents is 1. The van der Waals surface area contributed by atoms with Crippen LogP contribution in [0.1, 0.15) is 29.3 Å². The van der Waals surface area contributed by atoms with E-state index >= 15 is 0 Å². The fourth-order valence-corrected chi connectivity index (χ4v) is 3.10. The number of pyridine rings is 1. The highest BCUT2D eigenvalue weighted by Gasteiger charge is 2.39. The van der Waals surface area contributed by atoms with Gasteiger partial charge in [-0.1, -0.05) is 6.07 Å². The van der Waals surface area contributed by atoms with Crippen LogP contribution >= 0.6 is 0 Å². The first-order chi connectivity index (χ1) is 13.9. The number of nitro groups is 1. The third-order valence-electron chi connectivity index (χ3n) is 4.70. The Kier molecular flexibility index (Phi) is 5.85. The maximum Gasteiger partial charge on any atom is 0.418 e. The molecule has 2 atom stereocenters. The molecule has 3 rings (SSSR count). The average Bonchev–Trinajstić information content (AvgIpc) is 3.11. The summed E-state index contributed by atoms with van der Waals surface area (Å²) in [4.78, 5) is 37.9. The number of nitrogens with one attached hydrogen (secondary N) is 1. The van der Waals surface area contributed by atoms with Crippen LogP contribution < -0.4 is 10.1 Å². The molecule has 10 heteroatoms. The minimum atomic E-state index is -1.01. The highest BCUT2D eigenvalue weighted by Crippen LogP contribution is 2.39. The second-order valence-electron chi connectivity index (χ2n) is 6.62. The van der Waals surface area contributed by atoms with Crippen LogP contribution in [0.3, 0.4) is 0 Å². The van der Waals surface area contributed by atoms with E-state index in [0.29, 0.717) is 24.9 Å². The van der Waals surface area contributed by atoms with Gasteiger partial charge in [-0.05, 0) is 30.7 Å². The Morgan fingerprint density at radius 2 is 2.24 bits per heavy atom. The molecule has 0 bridgehead atoms. The van der Waals surface area contributed by atoms with Gasteiger partial charge in [0.1, 0.15) is 5.69 Å². The number of amides is 1. The van der Waals surface area contributed by atoms with E-state index in [1.165, 1.54) is 30.5 Å². The summed E-state index contributed by atoms with van der Waals surface area (Å²) in [6.07, 6.45) is 1.27. The number of aromatic nitrogens is 1. The van der Waals surface area contributed by atoms with Gasteiger partial charge in [0, 0.05) is 25.8 Å². The Bertz CT molecular complexity index is 949. The molecule has 0 aliphatic carbocycles. The Balaban J connectivity index is 1.81. The number of carbonyl (C=O) groups excluding carboxylic acids is 2. The van der Waals surface area contributed by atoms with Gasteiger partial charge in [0.2, 0.25) is 5.88 Å². The number of aldehydes is 1. The summed E-state index contributed by atoms with van der Waals surface area (Å²) in [7, 11) is 1.58. The van der Waals surface area contributed by atoms with E-state index in [4.69, 9.17) is 14.2 Å². The van der Waals surface area contributed by atoms with Crippen LogP contribution in [0.15, 0.2) is 36.5 Å². The monoisotopic (exact) mass is 401 g/mol. The molecule has 0 spiro atoms. The lowest BCUT2D eigenvalue weighted by molar-refractivity contribution is -0.384. The van der Waals surface area contributed by atoms with Gasteiger partial charge in [-0.2, -0.15) is 0 Å². The molecule has 29 heavy (non-hydrogen) atoms. The number of anilines is 1. The SMILES string of the molecule is COC1COC(C)(c2ccc(NC(=O)Oc3ncccc3C=O)c([N+](=O)[O-])c2)C1. The molecular formula is C19H19N3O7. The smallest absolute Gasteiger partial charge is 0.390 e. The summed E-state index contributed by atoms with van der Waals surface area (Å²) in [5, 5.41) is 13.9. The van der Waals surface area contributed by atoms with Crippen molar-refractivity contribution in [1.29, 1.82) is 0 Å². The van der Waals surface area contributed by atoms with Gasteiger partial charge in [0.05, 0.1) is 28.8 Å². The van der Waals surface area contributed by atoms with Crippen molar-refractivity contribution in [3.8, 4) is 5.88 Å². The molecule has 0 saturated carbocycles. The molecule has 1 amide bonds. The summed E-state index contributed by atoms with van der Waals surface area (Å²) < 4.78 is 16.1. The van der Waals surface area contributed by atoms with E-state index in [0.717, 1.165) is 0 Å². The van der Waals surface area contributed by atoms with E-state index in [1.54, 1.807) is 13.2 Å². The van der Waals surface area contributed by atoms with Crippen molar-refractivity contribution in [2.45, 2.75) is 25.0 Å². The molecule has 1 N–H and O–H groups in total. The number of hydrogen-bond donors (Lipinski definition) is 1. The van der Waals surface area contributed by atoms with Crippen LogP contribution in [0.25, 0.3) is 0 Å². The lowest BCUT2D eigenvalue weighted by Gasteiger charge is -2.24. The van der Waals surface area contributed by atoms with Crippen molar-refractivity contribution in [2.75, 3.05) is 19.0 Å². The third kappa shape index (κ3) is 4.39. The number of ether oxygens (including phenoxy) is 3. The Labute approximate surface area is 165 Å². The zero-order chi connectivity index (χ0) is 21.0. The molecule has 1 fully saturated rings. The predicted molar refractivity (Wildman–Crippen MR) is 101 cm³/mol. The van der Waals surface area contributed by atoms with Crippen molar-refractivity contribution in [3.05, 3.63) is 57.8 Å². The zero-order valence-electron chi connectivity index (χ0n) is 15.8. The summed E-state index contributed by atoms with van der Waals surface area (Å²) in [6.45, 7) is 2.21. The van der Waals surface area contributed by atoms with Gasteiger partial charge < -0.3 is 14.2 Å². The van der Waals surface area contributed by atoms with Gasteiger partial charge >= 0.3 is 6.09 Å². The number of benzene rings is 1. The van der Waals surface area contributed by atoms with Crippen molar-refractivity contribution < 1.29 is 28.7 Å². The highest BCUT2D eigenvalue weighted by atomic mass is 16.6. The van der Waals surface area contributed by atoms with E-state index in [9.17, 15) is 19.7 Å². The first kappa shape index (κ1) is 20.4. The van der Waals surface area contributed by atoms with E-state index < -0.39 is 16.6 Å². The minimum absolute atomic E-state index is 0.0581. The maximum atomic E-state index is 12.2. The standard InChI is InChI=1S/C19H19N3O7/c1-19(9-14(27-2)11-28-19)13-5-6-15(16(8-13)22(25)26)21-18(24)29-17-12(10-23)4-3-7-20-17/h3-8,10,14H,9,11H2,1-2H3,(H,21,24). The first-order valence-electron chi connectivity index (χ1n) is 8.71. The quantitative estimate of drug-likeness (QED) is 0.444. The molecule has 152 valence electrons. The largest absolute Gasteiger partial charge is 0.418 e. The number of carbonyl (C=O) groups is 2. The third-order valence-corrected chi connectivity index (χ3v) is 4.70. The lowest BCUT2D eigenvalue weighted by atomic mass is 9.91. The Morgan fingerprint density at radius 3 is 2.90 bits per heavy atom. The maximum absolute atomic E-state index is 12.2. The Morgan fingerprint density at radius 1 is 1.45 bits per heavy atom. The number of methoxy groups -OCH3 is 1.